The summed E-state index contributed by atoms with van der Waals surface area (Å²) in [5, 5.41) is 5.42. The molecule has 26 heavy (non-hydrogen) atoms. The average molecular weight is 373 g/mol. The molecule has 0 radical (unpaired) electrons. The van der Waals surface area contributed by atoms with Gasteiger partial charge in [-0.25, -0.2) is 0 Å². The van der Waals surface area contributed by atoms with Crippen LogP contribution in [0.5, 0.6) is 0 Å². The van der Waals surface area contributed by atoms with Crippen LogP contribution in [0.2, 0.25) is 0 Å². The molecule has 0 aliphatic carbocycles. The third kappa shape index (κ3) is 5.93. The Balaban J connectivity index is 1.99. The summed E-state index contributed by atoms with van der Waals surface area (Å²) in [4.78, 5) is 23.7. The van der Waals surface area contributed by atoms with Gasteiger partial charge in [0.15, 0.2) is 0 Å². The highest BCUT2D eigenvalue weighted by molar-refractivity contribution is 6.29. The van der Waals surface area contributed by atoms with E-state index in [1.165, 1.54) is 12.3 Å². The minimum absolute atomic E-state index is 0.159. The van der Waals surface area contributed by atoms with Crippen molar-refractivity contribution in [3.63, 3.8) is 0 Å². The summed E-state index contributed by atoms with van der Waals surface area (Å²) < 4.78 is 5.35. The van der Waals surface area contributed by atoms with Crippen LogP contribution in [0.25, 0.3) is 0 Å². The lowest BCUT2D eigenvalue weighted by atomic mass is 10.1. The number of rotatable bonds is 7. The van der Waals surface area contributed by atoms with Gasteiger partial charge in [-0.05, 0) is 42.7 Å². The predicted molar refractivity (Wildman–Crippen MR) is 104 cm³/mol. The largest absolute Gasteiger partial charge is 0.496 e. The first-order valence-electron chi connectivity index (χ1n) is 8.09. The molecular formula is C20H21ClN2O3. The van der Waals surface area contributed by atoms with Crippen LogP contribution in [0.15, 0.2) is 54.8 Å². The van der Waals surface area contributed by atoms with Crippen molar-refractivity contribution in [2.75, 3.05) is 16.5 Å². The van der Waals surface area contributed by atoms with Crippen molar-refractivity contribution in [1.29, 1.82) is 0 Å². The Hall–Kier alpha value is -2.79. The van der Waals surface area contributed by atoms with Crippen molar-refractivity contribution >= 4 is 34.8 Å². The van der Waals surface area contributed by atoms with Gasteiger partial charge in [0.2, 0.25) is 5.91 Å². The highest BCUT2D eigenvalue weighted by atomic mass is 35.5. The molecule has 2 rings (SSSR count). The molecule has 2 aromatic rings. The van der Waals surface area contributed by atoms with Gasteiger partial charge in [-0.3, -0.25) is 9.59 Å². The Labute approximate surface area is 158 Å². The van der Waals surface area contributed by atoms with Gasteiger partial charge >= 0.3 is 0 Å². The van der Waals surface area contributed by atoms with E-state index in [4.69, 9.17) is 16.3 Å². The fourth-order valence-corrected chi connectivity index (χ4v) is 2.28. The number of carbonyl (C=O) groups excluding carboxylic acids is 2. The number of benzene rings is 2. The van der Waals surface area contributed by atoms with Crippen LogP contribution in [0.1, 0.15) is 16.7 Å². The minimum atomic E-state index is -0.359. The SMILES string of the molecule is Cc1cc(NC(=O)C=COCc2ccccc2)c(NC(=O)CCl)cc1C. The molecule has 0 heterocycles. The third-order valence-corrected chi connectivity index (χ3v) is 3.94. The second-order valence-electron chi connectivity index (χ2n) is 5.75. The number of hydrogen-bond acceptors (Lipinski definition) is 3. The van der Waals surface area contributed by atoms with E-state index in [9.17, 15) is 9.59 Å². The van der Waals surface area contributed by atoms with Gasteiger partial charge in [0.25, 0.3) is 5.91 Å². The topological polar surface area (TPSA) is 67.4 Å². The lowest BCUT2D eigenvalue weighted by Crippen LogP contribution is -2.16. The molecule has 0 aromatic heterocycles. The van der Waals surface area contributed by atoms with Crippen LogP contribution >= 0.6 is 11.6 Å². The molecule has 5 nitrogen and oxygen atoms in total. The molecular weight excluding hydrogens is 352 g/mol. The molecule has 0 fully saturated rings. The van der Waals surface area contributed by atoms with Gasteiger partial charge in [-0.1, -0.05) is 30.3 Å². The lowest BCUT2D eigenvalue weighted by molar-refractivity contribution is -0.114. The van der Waals surface area contributed by atoms with E-state index in [0.29, 0.717) is 18.0 Å². The average Bonchev–Trinajstić information content (AvgIpc) is 2.63. The lowest BCUT2D eigenvalue weighted by Gasteiger charge is -2.13. The van der Waals surface area contributed by atoms with E-state index in [1.807, 2.05) is 44.2 Å². The first-order chi connectivity index (χ1) is 12.5. The maximum atomic E-state index is 12.1. The van der Waals surface area contributed by atoms with Crippen LogP contribution in [-0.2, 0) is 20.9 Å². The Morgan fingerprint density at radius 1 is 1.04 bits per heavy atom. The number of halogens is 1. The van der Waals surface area contributed by atoms with Gasteiger partial charge in [0.1, 0.15) is 12.5 Å². The fourth-order valence-electron chi connectivity index (χ4n) is 2.21. The van der Waals surface area contributed by atoms with E-state index in [0.717, 1.165) is 16.7 Å². The molecule has 2 N–H and O–H groups in total. The number of hydrogen-bond donors (Lipinski definition) is 2. The van der Waals surface area contributed by atoms with E-state index < -0.39 is 0 Å². The Bertz CT molecular complexity index is 804. The molecule has 0 bridgehead atoms. The summed E-state index contributed by atoms with van der Waals surface area (Å²) in [6, 6.07) is 13.2. The summed E-state index contributed by atoms with van der Waals surface area (Å²) in [7, 11) is 0. The zero-order chi connectivity index (χ0) is 18.9. The van der Waals surface area contributed by atoms with Crippen LogP contribution in [0.4, 0.5) is 11.4 Å². The number of aryl methyl sites for hydroxylation is 2. The predicted octanol–water partition coefficient (Wildman–Crippen LogP) is 4.15. The Kier molecular flexibility index (Phi) is 7.24. The second kappa shape index (κ2) is 9.63. The van der Waals surface area contributed by atoms with E-state index in [2.05, 4.69) is 10.6 Å². The van der Waals surface area contributed by atoms with Crippen LogP contribution in [-0.4, -0.2) is 17.7 Å². The summed E-state index contributed by atoms with van der Waals surface area (Å²) in [6.45, 7) is 4.23. The maximum Gasteiger partial charge on any atom is 0.251 e. The van der Waals surface area contributed by atoms with Crippen molar-refractivity contribution in [1.82, 2.24) is 0 Å². The number of nitrogens with one attached hydrogen (secondary N) is 2. The quantitative estimate of drug-likeness (QED) is 0.436. The van der Waals surface area contributed by atoms with Gasteiger partial charge in [-0.15, -0.1) is 11.6 Å². The molecule has 0 aliphatic rings. The van der Waals surface area contributed by atoms with Gasteiger partial charge in [0.05, 0.1) is 17.6 Å². The number of amides is 2. The van der Waals surface area contributed by atoms with E-state index in [1.54, 1.807) is 12.1 Å². The molecule has 0 aliphatic heterocycles. The van der Waals surface area contributed by atoms with Gasteiger partial charge < -0.3 is 15.4 Å². The van der Waals surface area contributed by atoms with E-state index >= 15 is 0 Å². The molecule has 136 valence electrons. The number of alkyl halides is 1. The fraction of sp³-hybridized carbons (Fsp3) is 0.200. The molecule has 2 amide bonds. The molecule has 0 atom stereocenters. The standard InChI is InChI=1S/C20H21ClN2O3/c1-14-10-17(18(11-15(14)2)23-20(25)12-21)22-19(24)8-9-26-13-16-6-4-3-5-7-16/h3-11H,12-13H2,1-2H3,(H,22,24)(H,23,25). The molecule has 0 saturated heterocycles. The second-order valence-corrected chi connectivity index (χ2v) is 6.02. The summed E-state index contributed by atoms with van der Waals surface area (Å²) in [5.74, 6) is -0.858. The van der Waals surface area contributed by atoms with Crippen LogP contribution < -0.4 is 10.6 Å². The number of carbonyl (C=O) groups is 2. The van der Waals surface area contributed by atoms with E-state index in [-0.39, 0.29) is 17.7 Å². The molecule has 0 spiro atoms. The minimum Gasteiger partial charge on any atom is -0.496 e. The van der Waals surface area contributed by atoms with Crippen molar-refractivity contribution in [2.45, 2.75) is 20.5 Å². The van der Waals surface area contributed by atoms with Gasteiger partial charge in [-0.2, -0.15) is 0 Å². The third-order valence-electron chi connectivity index (χ3n) is 3.70. The van der Waals surface area contributed by atoms with Crippen molar-refractivity contribution < 1.29 is 14.3 Å². The van der Waals surface area contributed by atoms with Gasteiger partial charge in [0, 0.05) is 6.08 Å². The van der Waals surface area contributed by atoms with Crippen molar-refractivity contribution in [3.8, 4) is 0 Å². The highest BCUT2D eigenvalue weighted by Gasteiger charge is 2.10. The first-order valence-corrected chi connectivity index (χ1v) is 8.63. The number of ether oxygens (including phenoxy) is 1. The molecule has 0 saturated carbocycles. The highest BCUT2D eigenvalue weighted by Crippen LogP contribution is 2.26. The number of anilines is 2. The molecule has 6 heteroatoms. The normalized spacial score (nSPS) is 10.6. The van der Waals surface area contributed by atoms with Crippen LogP contribution in [0.3, 0.4) is 0 Å². The molecule has 2 aromatic carbocycles. The molecule has 0 unspecified atom stereocenters. The zero-order valence-electron chi connectivity index (χ0n) is 14.7. The summed E-state index contributed by atoms with van der Waals surface area (Å²) in [6.07, 6.45) is 2.64. The summed E-state index contributed by atoms with van der Waals surface area (Å²) in [5.41, 5.74) is 4.01. The Morgan fingerprint density at radius 3 is 2.27 bits per heavy atom. The monoisotopic (exact) mass is 372 g/mol. The summed E-state index contributed by atoms with van der Waals surface area (Å²) >= 11 is 5.54. The maximum absolute atomic E-state index is 12.1. The zero-order valence-corrected chi connectivity index (χ0v) is 15.5. The van der Waals surface area contributed by atoms with Crippen molar-refractivity contribution in [2.24, 2.45) is 0 Å². The Morgan fingerprint density at radius 2 is 1.65 bits per heavy atom. The van der Waals surface area contributed by atoms with Crippen molar-refractivity contribution in [3.05, 3.63) is 71.5 Å². The first kappa shape index (κ1) is 19.5. The smallest absolute Gasteiger partial charge is 0.251 e. The van der Waals surface area contributed by atoms with Crippen LogP contribution in [0, 0.1) is 13.8 Å².